The highest BCUT2D eigenvalue weighted by Gasteiger charge is 2.05. The summed E-state index contributed by atoms with van der Waals surface area (Å²) < 4.78 is 7.51. The van der Waals surface area contributed by atoms with Crippen molar-refractivity contribution in [3.63, 3.8) is 0 Å². The van der Waals surface area contributed by atoms with Gasteiger partial charge in [-0.2, -0.15) is 5.10 Å². The fourth-order valence-electron chi connectivity index (χ4n) is 1.78. The Morgan fingerprint density at radius 1 is 1.30 bits per heavy atom. The first-order valence-electron chi connectivity index (χ1n) is 6.93. The van der Waals surface area contributed by atoms with Crippen molar-refractivity contribution >= 4 is 17.6 Å². The van der Waals surface area contributed by atoms with Gasteiger partial charge in [0.2, 0.25) is 0 Å². The minimum atomic E-state index is 0.667. The fraction of sp³-hybridized carbons (Fsp3) is 0.400. The summed E-state index contributed by atoms with van der Waals surface area (Å²) in [6.07, 6.45) is 2.03. The van der Waals surface area contributed by atoms with E-state index < -0.39 is 0 Å². The van der Waals surface area contributed by atoms with Crippen LogP contribution in [0.3, 0.4) is 0 Å². The molecule has 0 aliphatic rings. The summed E-state index contributed by atoms with van der Waals surface area (Å²) in [5.74, 6) is 2.71. The van der Waals surface area contributed by atoms with Crippen LogP contribution < -0.4 is 10.5 Å². The van der Waals surface area contributed by atoms with Crippen molar-refractivity contribution in [1.82, 2.24) is 9.78 Å². The number of rotatable bonds is 8. The molecule has 0 aliphatic heterocycles. The number of hydrogen-bond acceptors (Lipinski definition) is 4. The maximum absolute atomic E-state index is 5.95. The zero-order valence-corrected chi connectivity index (χ0v) is 12.6. The maximum atomic E-state index is 5.95. The first kappa shape index (κ1) is 14.8. The normalized spacial score (nSPS) is 10.7. The summed E-state index contributed by atoms with van der Waals surface area (Å²) in [6, 6.07) is 11.8. The SMILES string of the molecule is CCCSc1cc(N)n(CCCOc2ccccc2)n1. The topological polar surface area (TPSA) is 53.1 Å². The molecule has 0 saturated heterocycles. The van der Waals surface area contributed by atoms with E-state index in [1.165, 1.54) is 0 Å². The standard InChI is InChI=1S/C15H21N3OS/c1-2-11-20-15-12-14(16)18(17-15)9-6-10-19-13-7-4-3-5-8-13/h3-5,7-8,12H,2,6,9-11,16H2,1H3. The van der Waals surface area contributed by atoms with Crippen LogP contribution in [0.1, 0.15) is 19.8 Å². The highest BCUT2D eigenvalue weighted by atomic mass is 32.2. The Kier molecular flexibility index (Phi) is 5.80. The molecule has 0 spiro atoms. The highest BCUT2D eigenvalue weighted by molar-refractivity contribution is 7.99. The van der Waals surface area contributed by atoms with Gasteiger partial charge >= 0.3 is 0 Å². The largest absolute Gasteiger partial charge is 0.494 e. The van der Waals surface area contributed by atoms with Crippen LogP contribution in [0, 0.1) is 0 Å². The number of ether oxygens (including phenoxy) is 1. The summed E-state index contributed by atoms with van der Waals surface area (Å²) in [4.78, 5) is 0. The van der Waals surface area contributed by atoms with Gasteiger partial charge < -0.3 is 10.5 Å². The zero-order chi connectivity index (χ0) is 14.2. The number of thioether (sulfide) groups is 1. The second-order valence-electron chi connectivity index (χ2n) is 4.49. The van der Waals surface area contributed by atoms with Crippen molar-refractivity contribution in [3.8, 4) is 5.75 Å². The first-order valence-corrected chi connectivity index (χ1v) is 7.92. The van der Waals surface area contributed by atoms with E-state index in [2.05, 4.69) is 12.0 Å². The maximum Gasteiger partial charge on any atom is 0.122 e. The van der Waals surface area contributed by atoms with Gasteiger partial charge in [-0.25, -0.2) is 4.68 Å². The van der Waals surface area contributed by atoms with Gasteiger partial charge in [0.1, 0.15) is 16.6 Å². The molecular formula is C15H21N3OS. The predicted octanol–water partition coefficient (Wildman–Crippen LogP) is 3.44. The Hall–Kier alpha value is -1.62. The van der Waals surface area contributed by atoms with Crippen molar-refractivity contribution in [2.45, 2.75) is 31.3 Å². The van der Waals surface area contributed by atoms with E-state index in [1.54, 1.807) is 11.8 Å². The molecule has 1 aromatic carbocycles. The highest BCUT2D eigenvalue weighted by Crippen LogP contribution is 2.20. The predicted molar refractivity (Wildman–Crippen MR) is 84.2 cm³/mol. The van der Waals surface area contributed by atoms with E-state index in [4.69, 9.17) is 10.5 Å². The molecule has 0 atom stereocenters. The average Bonchev–Trinajstić information content (AvgIpc) is 2.83. The molecule has 0 radical (unpaired) electrons. The Morgan fingerprint density at radius 3 is 2.85 bits per heavy atom. The van der Waals surface area contributed by atoms with Crippen molar-refractivity contribution in [3.05, 3.63) is 36.4 Å². The van der Waals surface area contributed by atoms with Crippen LogP contribution in [-0.2, 0) is 6.54 Å². The lowest BCUT2D eigenvalue weighted by atomic mass is 10.3. The number of benzene rings is 1. The number of nitrogens with two attached hydrogens (primary N) is 1. The van der Waals surface area contributed by atoms with E-state index in [-0.39, 0.29) is 0 Å². The second kappa shape index (κ2) is 7.85. The summed E-state index contributed by atoms with van der Waals surface area (Å²) >= 11 is 1.75. The third kappa shape index (κ3) is 4.49. The number of aryl methyl sites for hydroxylation is 1. The van der Waals surface area contributed by atoms with E-state index in [9.17, 15) is 0 Å². The van der Waals surface area contributed by atoms with Crippen LogP contribution in [0.2, 0.25) is 0 Å². The second-order valence-corrected chi connectivity index (χ2v) is 5.61. The quantitative estimate of drug-likeness (QED) is 0.598. The van der Waals surface area contributed by atoms with Crippen LogP contribution in [0.4, 0.5) is 5.82 Å². The van der Waals surface area contributed by atoms with Crippen LogP contribution in [0.15, 0.2) is 41.4 Å². The molecule has 0 aliphatic carbocycles. The van der Waals surface area contributed by atoms with Gasteiger partial charge in [-0.3, -0.25) is 0 Å². The van der Waals surface area contributed by atoms with Crippen molar-refractivity contribution in [2.24, 2.45) is 0 Å². The fourth-order valence-corrected chi connectivity index (χ4v) is 2.56. The van der Waals surface area contributed by atoms with Crippen LogP contribution in [0.25, 0.3) is 0 Å². The van der Waals surface area contributed by atoms with Crippen molar-refractivity contribution < 1.29 is 4.74 Å². The van der Waals surface area contributed by atoms with Gasteiger partial charge in [0.15, 0.2) is 0 Å². The Bertz CT molecular complexity index is 513. The van der Waals surface area contributed by atoms with Gasteiger partial charge in [0, 0.05) is 19.0 Å². The van der Waals surface area contributed by atoms with E-state index in [1.807, 2.05) is 41.1 Å². The molecule has 4 nitrogen and oxygen atoms in total. The Balaban J connectivity index is 1.75. The number of nitrogen functional groups attached to an aromatic ring is 1. The molecule has 0 saturated carbocycles. The smallest absolute Gasteiger partial charge is 0.122 e. The monoisotopic (exact) mass is 291 g/mol. The van der Waals surface area contributed by atoms with Crippen LogP contribution in [0.5, 0.6) is 5.75 Å². The number of nitrogens with zero attached hydrogens (tertiary/aromatic N) is 2. The third-order valence-electron chi connectivity index (χ3n) is 2.77. The van der Waals surface area contributed by atoms with E-state index in [0.29, 0.717) is 6.61 Å². The first-order chi connectivity index (χ1) is 9.79. The van der Waals surface area contributed by atoms with Gasteiger partial charge in [-0.05, 0) is 24.3 Å². The number of aromatic nitrogens is 2. The Labute approximate surface area is 124 Å². The lowest BCUT2D eigenvalue weighted by Gasteiger charge is -2.06. The molecule has 0 bridgehead atoms. The molecule has 108 valence electrons. The summed E-state index contributed by atoms with van der Waals surface area (Å²) in [6.45, 7) is 3.61. The van der Waals surface area contributed by atoms with Crippen molar-refractivity contribution in [2.75, 3.05) is 18.1 Å². The molecule has 2 aromatic rings. The molecule has 0 fully saturated rings. The summed E-state index contributed by atoms with van der Waals surface area (Å²) in [5, 5.41) is 5.50. The summed E-state index contributed by atoms with van der Waals surface area (Å²) in [5.41, 5.74) is 5.95. The molecule has 2 rings (SSSR count). The molecule has 0 unspecified atom stereocenters. The molecule has 0 amide bonds. The zero-order valence-electron chi connectivity index (χ0n) is 11.8. The molecule has 5 heteroatoms. The molecule has 1 aromatic heterocycles. The lowest BCUT2D eigenvalue weighted by Crippen LogP contribution is -2.08. The molecule has 2 N–H and O–H groups in total. The number of anilines is 1. The van der Waals surface area contributed by atoms with E-state index >= 15 is 0 Å². The van der Waals surface area contributed by atoms with Gasteiger partial charge in [0.25, 0.3) is 0 Å². The number of para-hydroxylation sites is 1. The van der Waals surface area contributed by atoms with Gasteiger partial charge in [-0.15, -0.1) is 11.8 Å². The molecular weight excluding hydrogens is 270 g/mol. The van der Waals surface area contributed by atoms with Crippen LogP contribution in [-0.4, -0.2) is 22.1 Å². The molecule has 20 heavy (non-hydrogen) atoms. The van der Waals surface area contributed by atoms with E-state index in [0.717, 1.165) is 41.7 Å². The van der Waals surface area contributed by atoms with Gasteiger partial charge in [0.05, 0.1) is 6.61 Å². The summed E-state index contributed by atoms with van der Waals surface area (Å²) in [7, 11) is 0. The average molecular weight is 291 g/mol. The van der Waals surface area contributed by atoms with Crippen LogP contribution >= 0.6 is 11.8 Å². The number of hydrogen-bond donors (Lipinski definition) is 1. The minimum Gasteiger partial charge on any atom is -0.494 e. The molecule has 1 heterocycles. The Morgan fingerprint density at radius 2 is 2.10 bits per heavy atom. The van der Waals surface area contributed by atoms with Gasteiger partial charge in [-0.1, -0.05) is 25.1 Å². The minimum absolute atomic E-state index is 0.667. The third-order valence-corrected chi connectivity index (χ3v) is 3.88. The van der Waals surface area contributed by atoms with Crippen molar-refractivity contribution in [1.29, 1.82) is 0 Å². The lowest BCUT2D eigenvalue weighted by molar-refractivity contribution is 0.299.